The zero-order valence-corrected chi connectivity index (χ0v) is 26.0. The third kappa shape index (κ3) is 12.8. The molecule has 0 amide bonds. The van der Waals surface area contributed by atoms with E-state index in [-0.39, 0.29) is 0 Å². The lowest BCUT2D eigenvalue weighted by Gasteiger charge is -2.04. The van der Waals surface area contributed by atoms with Gasteiger partial charge in [-0.2, -0.15) is 4.57 Å². The minimum atomic E-state index is 1.12. The first-order valence-electron chi connectivity index (χ1n) is 16.9. The van der Waals surface area contributed by atoms with Crippen LogP contribution in [0.15, 0.2) is 73.3 Å². The maximum absolute atomic E-state index is 2.33. The van der Waals surface area contributed by atoms with E-state index in [4.69, 9.17) is 0 Å². The van der Waals surface area contributed by atoms with Crippen molar-refractivity contribution < 1.29 is 9.13 Å². The van der Waals surface area contributed by atoms with Crippen molar-refractivity contribution in [3.8, 4) is 16.8 Å². The fourth-order valence-electron chi connectivity index (χ4n) is 5.67. The molecule has 0 spiro atoms. The van der Waals surface area contributed by atoms with Gasteiger partial charge in [-0.25, -0.2) is 4.57 Å². The molecule has 1 aromatic carbocycles. The summed E-state index contributed by atoms with van der Waals surface area (Å²) in [6, 6.07) is 18.1. The summed E-state index contributed by atoms with van der Waals surface area (Å²) in [7, 11) is 0. The molecule has 0 N–H and O–H groups in total. The van der Waals surface area contributed by atoms with Gasteiger partial charge in [0.1, 0.15) is 6.54 Å². The first kappa shape index (κ1) is 32.0. The molecular formula is C38H58N2+2. The van der Waals surface area contributed by atoms with E-state index in [9.17, 15) is 0 Å². The number of aromatic nitrogens is 2. The van der Waals surface area contributed by atoms with Crippen molar-refractivity contribution in [2.45, 2.75) is 142 Å². The van der Waals surface area contributed by atoms with Gasteiger partial charge in [-0.3, -0.25) is 0 Å². The Hall–Kier alpha value is -2.48. The molecule has 0 atom stereocenters. The van der Waals surface area contributed by atoms with Crippen molar-refractivity contribution in [3.05, 3.63) is 78.9 Å². The summed E-state index contributed by atoms with van der Waals surface area (Å²) in [4.78, 5) is 0. The van der Waals surface area contributed by atoms with E-state index in [2.05, 4.69) is 96.3 Å². The second kappa shape index (κ2) is 20.4. The van der Waals surface area contributed by atoms with Crippen LogP contribution in [-0.4, -0.2) is 0 Å². The van der Waals surface area contributed by atoms with Crippen LogP contribution in [0.1, 0.15) is 135 Å². The SMILES string of the molecule is CCCCCCCCCCCCc1ccc(-[n+]2ccc(-c3cc[n+](CCCCCCCCCC)cc3)cc2)cc1. The van der Waals surface area contributed by atoms with Crippen LogP contribution in [-0.2, 0) is 13.0 Å². The third-order valence-corrected chi connectivity index (χ3v) is 8.38. The van der Waals surface area contributed by atoms with Gasteiger partial charge in [-0.15, -0.1) is 0 Å². The first-order chi connectivity index (χ1) is 19.8. The van der Waals surface area contributed by atoms with E-state index in [0.717, 1.165) is 6.54 Å². The zero-order valence-electron chi connectivity index (χ0n) is 26.0. The predicted octanol–water partition coefficient (Wildman–Crippen LogP) is 10.5. The molecule has 218 valence electrons. The Kier molecular flexibility index (Phi) is 16.3. The van der Waals surface area contributed by atoms with Crippen LogP contribution >= 0.6 is 0 Å². The average Bonchev–Trinajstić information content (AvgIpc) is 3.00. The Morgan fingerprint density at radius 1 is 0.425 bits per heavy atom. The Morgan fingerprint density at radius 2 is 0.850 bits per heavy atom. The van der Waals surface area contributed by atoms with Crippen LogP contribution in [0.2, 0.25) is 0 Å². The Balaban J connectivity index is 1.33. The Morgan fingerprint density at radius 3 is 1.35 bits per heavy atom. The van der Waals surface area contributed by atoms with Crippen molar-refractivity contribution in [2.75, 3.05) is 0 Å². The molecule has 0 fully saturated rings. The lowest BCUT2D eigenvalue weighted by atomic mass is 10.0. The molecule has 0 aliphatic rings. The highest BCUT2D eigenvalue weighted by Crippen LogP contribution is 2.17. The summed E-state index contributed by atoms with van der Waals surface area (Å²) >= 11 is 0. The number of unbranched alkanes of at least 4 members (excludes halogenated alkanes) is 16. The van der Waals surface area contributed by atoms with Gasteiger partial charge in [0.25, 0.3) is 0 Å². The van der Waals surface area contributed by atoms with E-state index >= 15 is 0 Å². The predicted molar refractivity (Wildman–Crippen MR) is 172 cm³/mol. The van der Waals surface area contributed by atoms with Crippen LogP contribution in [0.25, 0.3) is 16.8 Å². The fraction of sp³-hybridized carbons (Fsp3) is 0.579. The minimum Gasteiger partial charge on any atom is -0.205 e. The number of hydrogen-bond acceptors (Lipinski definition) is 0. The number of hydrogen-bond donors (Lipinski definition) is 0. The highest BCUT2D eigenvalue weighted by atomic mass is 14.9. The molecule has 0 bridgehead atoms. The standard InChI is InChI=1S/C38H58N2/c1-3-5-7-9-11-13-14-15-17-19-21-35-22-24-38(25-23-35)40-33-28-37(29-34-40)36-26-31-39(32-27-36)30-20-18-16-12-10-8-6-4-2/h22-29,31-34H,3-21,30H2,1-2H3/q+2. The van der Waals surface area contributed by atoms with Gasteiger partial charge in [-0.1, -0.05) is 122 Å². The van der Waals surface area contributed by atoms with Gasteiger partial charge >= 0.3 is 0 Å². The molecule has 0 aliphatic heterocycles. The molecule has 2 nitrogen and oxygen atoms in total. The number of benzene rings is 1. The maximum Gasteiger partial charge on any atom is 0.210 e. The first-order valence-corrected chi connectivity index (χ1v) is 16.9. The van der Waals surface area contributed by atoms with Crippen molar-refractivity contribution in [2.24, 2.45) is 0 Å². The monoisotopic (exact) mass is 542 g/mol. The van der Waals surface area contributed by atoms with Crippen LogP contribution in [0, 0.1) is 0 Å². The lowest BCUT2D eigenvalue weighted by Crippen LogP contribution is -2.32. The molecule has 0 saturated carbocycles. The van der Waals surface area contributed by atoms with Crippen molar-refractivity contribution >= 4 is 0 Å². The third-order valence-electron chi connectivity index (χ3n) is 8.38. The molecule has 0 aliphatic carbocycles. The van der Waals surface area contributed by atoms with E-state index in [1.807, 2.05) is 0 Å². The summed E-state index contributed by atoms with van der Waals surface area (Å²) in [5.41, 5.74) is 5.25. The van der Waals surface area contributed by atoms with Gasteiger partial charge in [-0.05, 0) is 36.0 Å². The average molecular weight is 543 g/mol. The van der Waals surface area contributed by atoms with Gasteiger partial charge in [0.15, 0.2) is 24.8 Å². The summed E-state index contributed by atoms with van der Waals surface area (Å²) in [5.74, 6) is 0. The van der Waals surface area contributed by atoms with E-state index in [0.29, 0.717) is 0 Å². The molecule has 0 saturated heterocycles. The minimum absolute atomic E-state index is 1.12. The second-order valence-corrected chi connectivity index (χ2v) is 11.9. The number of aryl methyl sites for hydroxylation is 2. The summed E-state index contributed by atoms with van der Waals surface area (Å²) in [6.45, 7) is 5.70. The number of nitrogens with zero attached hydrogens (tertiary/aromatic N) is 2. The molecule has 3 aromatic rings. The fourth-order valence-corrected chi connectivity index (χ4v) is 5.67. The Bertz CT molecular complexity index is 1000. The van der Waals surface area contributed by atoms with E-state index in [1.165, 1.54) is 144 Å². The molecular weight excluding hydrogens is 484 g/mol. The van der Waals surface area contributed by atoms with Gasteiger partial charge < -0.3 is 0 Å². The van der Waals surface area contributed by atoms with E-state index in [1.54, 1.807) is 0 Å². The van der Waals surface area contributed by atoms with Gasteiger partial charge in [0.05, 0.1) is 0 Å². The molecule has 0 unspecified atom stereocenters. The summed E-state index contributed by atoms with van der Waals surface area (Å²) < 4.78 is 4.56. The van der Waals surface area contributed by atoms with Crippen molar-refractivity contribution in [3.63, 3.8) is 0 Å². The quantitative estimate of drug-likeness (QED) is 0.0881. The normalized spacial score (nSPS) is 11.2. The topological polar surface area (TPSA) is 7.76 Å². The van der Waals surface area contributed by atoms with Crippen LogP contribution in [0.5, 0.6) is 0 Å². The molecule has 40 heavy (non-hydrogen) atoms. The van der Waals surface area contributed by atoms with Crippen LogP contribution in [0.3, 0.4) is 0 Å². The highest BCUT2D eigenvalue weighted by Gasteiger charge is 2.08. The molecule has 2 aromatic heterocycles. The molecule has 0 radical (unpaired) electrons. The largest absolute Gasteiger partial charge is 0.210 e. The van der Waals surface area contributed by atoms with Crippen molar-refractivity contribution in [1.82, 2.24) is 0 Å². The Labute approximate surface area is 246 Å². The maximum atomic E-state index is 2.33. The number of rotatable bonds is 22. The van der Waals surface area contributed by atoms with Crippen LogP contribution < -0.4 is 9.13 Å². The molecule has 2 heteroatoms. The summed E-state index contributed by atoms with van der Waals surface area (Å²) in [6.07, 6.45) is 35.0. The summed E-state index contributed by atoms with van der Waals surface area (Å²) in [5, 5.41) is 0. The van der Waals surface area contributed by atoms with Crippen LogP contribution in [0.4, 0.5) is 0 Å². The second-order valence-electron chi connectivity index (χ2n) is 11.9. The zero-order chi connectivity index (χ0) is 28.1. The van der Waals surface area contributed by atoms with Gasteiger partial charge in [0.2, 0.25) is 5.69 Å². The van der Waals surface area contributed by atoms with E-state index < -0.39 is 0 Å². The molecule has 2 heterocycles. The smallest absolute Gasteiger partial charge is 0.205 e. The molecule has 3 rings (SSSR count). The van der Waals surface area contributed by atoms with Gasteiger partial charge in [0, 0.05) is 42.8 Å². The lowest BCUT2D eigenvalue weighted by molar-refractivity contribution is -0.697. The van der Waals surface area contributed by atoms with Crippen molar-refractivity contribution in [1.29, 1.82) is 0 Å². The highest BCUT2D eigenvalue weighted by molar-refractivity contribution is 5.61. The number of pyridine rings is 2.